The molecule has 1 aromatic carbocycles. The molecule has 114 valence electrons. The maximum atomic E-state index is 12.1. The van der Waals surface area contributed by atoms with Gasteiger partial charge in [-0.3, -0.25) is 14.6 Å². The van der Waals surface area contributed by atoms with E-state index in [2.05, 4.69) is 20.4 Å². The average Bonchev–Trinajstić information content (AvgIpc) is 2.39. The fourth-order valence-electron chi connectivity index (χ4n) is 2.79. The van der Waals surface area contributed by atoms with Gasteiger partial charge in [-0.05, 0) is 18.2 Å². The number of benzene rings is 1. The highest BCUT2D eigenvalue weighted by atomic mass is 35.5. The van der Waals surface area contributed by atoms with Crippen LogP contribution >= 0.6 is 11.6 Å². The summed E-state index contributed by atoms with van der Waals surface area (Å²) in [5, 5.41) is 6.84. The summed E-state index contributed by atoms with van der Waals surface area (Å²) < 4.78 is 0. The van der Waals surface area contributed by atoms with Gasteiger partial charge < -0.3 is 10.6 Å². The number of amides is 1. The molecule has 2 saturated heterocycles. The second kappa shape index (κ2) is 6.75. The van der Waals surface area contributed by atoms with E-state index in [1.54, 1.807) is 12.1 Å². The number of hydrogen-bond donors (Lipinski definition) is 2. The molecule has 0 unspecified atom stereocenters. The molecule has 5 nitrogen and oxygen atoms in total. The van der Waals surface area contributed by atoms with Crippen molar-refractivity contribution < 1.29 is 4.79 Å². The van der Waals surface area contributed by atoms with Crippen LogP contribution in [-0.4, -0.2) is 67.6 Å². The molecule has 3 rings (SSSR count). The van der Waals surface area contributed by atoms with Crippen molar-refractivity contribution in [2.24, 2.45) is 0 Å². The van der Waals surface area contributed by atoms with Crippen LogP contribution in [0.25, 0.3) is 0 Å². The van der Waals surface area contributed by atoms with E-state index in [1.165, 1.54) is 0 Å². The van der Waals surface area contributed by atoms with Crippen LogP contribution in [0.2, 0.25) is 5.02 Å². The summed E-state index contributed by atoms with van der Waals surface area (Å²) in [6.45, 7) is 6.68. The fraction of sp³-hybridized carbons (Fsp3) is 0.533. The summed E-state index contributed by atoms with van der Waals surface area (Å²) in [4.78, 5) is 16.8. The molecule has 2 fully saturated rings. The van der Waals surface area contributed by atoms with Gasteiger partial charge in [-0.2, -0.15) is 0 Å². The average molecular weight is 309 g/mol. The van der Waals surface area contributed by atoms with Gasteiger partial charge in [0.1, 0.15) is 0 Å². The van der Waals surface area contributed by atoms with E-state index in [9.17, 15) is 4.79 Å². The van der Waals surface area contributed by atoms with E-state index in [4.69, 9.17) is 11.6 Å². The quantitative estimate of drug-likeness (QED) is 0.866. The minimum absolute atomic E-state index is 0.0241. The predicted molar refractivity (Wildman–Crippen MR) is 84.8 cm³/mol. The Hall–Kier alpha value is -1.14. The van der Waals surface area contributed by atoms with Crippen molar-refractivity contribution in [3.05, 3.63) is 29.3 Å². The lowest BCUT2D eigenvalue weighted by Gasteiger charge is -2.43. The second-order valence-corrected chi connectivity index (χ2v) is 6.12. The van der Waals surface area contributed by atoms with Crippen LogP contribution in [0.5, 0.6) is 0 Å². The Morgan fingerprint density at radius 3 is 2.67 bits per heavy atom. The molecule has 2 N–H and O–H groups in total. The van der Waals surface area contributed by atoms with Gasteiger partial charge in [0.2, 0.25) is 5.91 Å². The summed E-state index contributed by atoms with van der Waals surface area (Å²) in [6, 6.07) is 7.95. The molecule has 2 aliphatic rings. The largest absolute Gasteiger partial charge is 0.325 e. The van der Waals surface area contributed by atoms with E-state index in [1.807, 2.05) is 12.1 Å². The van der Waals surface area contributed by atoms with Crippen molar-refractivity contribution in [3.63, 3.8) is 0 Å². The van der Waals surface area contributed by atoms with Crippen molar-refractivity contribution in [3.8, 4) is 0 Å². The Morgan fingerprint density at radius 1 is 1.29 bits per heavy atom. The standard InChI is InChI=1S/C15H21ClN4O/c16-12-2-1-3-13(8-12)18-15(21)11-19-4-6-20(7-5-19)14-9-17-10-14/h1-3,8,14,17H,4-7,9-11H2,(H,18,21). The second-order valence-electron chi connectivity index (χ2n) is 5.68. The Bertz CT molecular complexity index is 498. The SMILES string of the molecule is O=C(CN1CCN(C2CNC2)CC1)Nc1cccc(Cl)c1. The first kappa shape index (κ1) is 14.8. The fourth-order valence-corrected chi connectivity index (χ4v) is 2.98. The van der Waals surface area contributed by atoms with Crippen molar-refractivity contribution >= 4 is 23.2 Å². The maximum absolute atomic E-state index is 12.1. The summed E-state index contributed by atoms with van der Waals surface area (Å²) in [6.07, 6.45) is 0. The van der Waals surface area contributed by atoms with Gasteiger partial charge in [0, 0.05) is 56.0 Å². The smallest absolute Gasteiger partial charge is 0.238 e. The molecule has 6 heteroatoms. The number of hydrogen-bond acceptors (Lipinski definition) is 4. The Morgan fingerprint density at radius 2 is 2.05 bits per heavy atom. The minimum Gasteiger partial charge on any atom is -0.325 e. The molecule has 0 atom stereocenters. The van der Waals surface area contributed by atoms with Crippen LogP contribution in [0.15, 0.2) is 24.3 Å². The maximum Gasteiger partial charge on any atom is 0.238 e. The van der Waals surface area contributed by atoms with Crippen LogP contribution in [-0.2, 0) is 4.79 Å². The molecule has 1 amide bonds. The van der Waals surface area contributed by atoms with Crippen LogP contribution < -0.4 is 10.6 Å². The van der Waals surface area contributed by atoms with Gasteiger partial charge in [-0.25, -0.2) is 0 Å². The summed E-state index contributed by atoms with van der Waals surface area (Å²) in [5.41, 5.74) is 0.756. The van der Waals surface area contributed by atoms with Gasteiger partial charge in [-0.1, -0.05) is 17.7 Å². The zero-order chi connectivity index (χ0) is 14.7. The highest BCUT2D eigenvalue weighted by Crippen LogP contribution is 2.15. The molecular formula is C15H21ClN4O. The number of carbonyl (C=O) groups excluding carboxylic acids is 1. The van der Waals surface area contributed by atoms with Crippen LogP contribution in [0.4, 0.5) is 5.69 Å². The van der Waals surface area contributed by atoms with Crippen LogP contribution in [0, 0.1) is 0 Å². The molecule has 1 aromatic rings. The molecule has 21 heavy (non-hydrogen) atoms. The molecular weight excluding hydrogens is 288 g/mol. The zero-order valence-electron chi connectivity index (χ0n) is 12.0. The first-order valence-electron chi connectivity index (χ1n) is 7.43. The van der Waals surface area contributed by atoms with Gasteiger partial charge >= 0.3 is 0 Å². The number of rotatable bonds is 4. The molecule has 2 aliphatic heterocycles. The molecule has 0 bridgehead atoms. The van der Waals surface area contributed by atoms with Gasteiger partial charge in [0.15, 0.2) is 0 Å². The van der Waals surface area contributed by atoms with E-state index >= 15 is 0 Å². The summed E-state index contributed by atoms with van der Waals surface area (Å²) in [5.74, 6) is 0.0241. The number of nitrogens with zero attached hydrogens (tertiary/aromatic N) is 2. The molecule has 0 aromatic heterocycles. The highest BCUT2D eigenvalue weighted by molar-refractivity contribution is 6.30. The Kier molecular flexibility index (Phi) is 4.75. The number of anilines is 1. The number of nitrogens with one attached hydrogen (secondary N) is 2. The number of piperazine rings is 1. The molecule has 0 aliphatic carbocycles. The topological polar surface area (TPSA) is 47.6 Å². The Labute approximate surface area is 130 Å². The Balaban J connectivity index is 1.43. The third-order valence-corrected chi connectivity index (χ3v) is 4.39. The molecule has 2 heterocycles. The van der Waals surface area contributed by atoms with Crippen LogP contribution in [0.3, 0.4) is 0 Å². The first-order valence-corrected chi connectivity index (χ1v) is 7.81. The van der Waals surface area contributed by atoms with E-state index < -0.39 is 0 Å². The lowest BCUT2D eigenvalue weighted by molar-refractivity contribution is -0.117. The highest BCUT2D eigenvalue weighted by Gasteiger charge is 2.28. The van der Waals surface area contributed by atoms with E-state index in [0.29, 0.717) is 17.6 Å². The third kappa shape index (κ3) is 3.95. The predicted octanol–water partition coefficient (Wildman–Crippen LogP) is 0.868. The normalized spacial score (nSPS) is 21.0. The zero-order valence-corrected chi connectivity index (χ0v) is 12.8. The molecule has 0 spiro atoms. The van der Waals surface area contributed by atoms with Crippen molar-refractivity contribution in [2.45, 2.75) is 6.04 Å². The van der Waals surface area contributed by atoms with E-state index in [0.717, 1.165) is 45.0 Å². The van der Waals surface area contributed by atoms with E-state index in [-0.39, 0.29) is 5.91 Å². The minimum atomic E-state index is 0.0241. The van der Waals surface area contributed by atoms with Crippen LogP contribution in [0.1, 0.15) is 0 Å². The third-order valence-electron chi connectivity index (χ3n) is 4.16. The summed E-state index contributed by atoms with van der Waals surface area (Å²) in [7, 11) is 0. The lowest BCUT2D eigenvalue weighted by atomic mass is 10.1. The van der Waals surface area contributed by atoms with Gasteiger partial charge in [-0.15, -0.1) is 0 Å². The molecule has 0 saturated carbocycles. The number of carbonyl (C=O) groups is 1. The summed E-state index contributed by atoms with van der Waals surface area (Å²) >= 11 is 5.91. The van der Waals surface area contributed by atoms with Gasteiger partial charge in [0.05, 0.1) is 6.54 Å². The first-order chi connectivity index (χ1) is 10.2. The van der Waals surface area contributed by atoms with Crippen molar-refractivity contribution in [2.75, 3.05) is 51.1 Å². The van der Waals surface area contributed by atoms with Crippen molar-refractivity contribution in [1.82, 2.24) is 15.1 Å². The number of halogens is 1. The lowest BCUT2D eigenvalue weighted by Crippen LogP contribution is -2.61. The van der Waals surface area contributed by atoms with Crippen molar-refractivity contribution in [1.29, 1.82) is 0 Å². The molecule has 0 radical (unpaired) electrons. The van der Waals surface area contributed by atoms with Gasteiger partial charge in [0.25, 0.3) is 0 Å². The monoisotopic (exact) mass is 308 g/mol.